The molecule has 0 aliphatic carbocycles. The standard InChI is InChI=1S/C10H14BrN5O/c1-10(2,3)9-12-8(14-17-9)6-16-5-7(4-11)13-15-16/h5H,4,6H2,1-3H3. The van der Waals surface area contributed by atoms with Crippen LogP contribution in [0.5, 0.6) is 0 Å². The maximum Gasteiger partial charge on any atom is 0.232 e. The van der Waals surface area contributed by atoms with Crippen molar-refractivity contribution in [3.63, 3.8) is 0 Å². The van der Waals surface area contributed by atoms with Crippen molar-refractivity contribution >= 4 is 15.9 Å². The highest BCUT2D eigenvalue weighted by atomic mass is 79.9. The number of aromatic nitrogens is 5. The van der Waals surface area contributed by atoms with Gasteiger partial charge >= 0.3 is 0 Å². The monoisotopic (exact) mass is 299 g/mol. The zero-order chi connectivity index (χ0) is 12.5. The van der Waals surface area contributed by atoms with Crippen molar-refractivity contribution in [1.82, 2.24) is 25.1 Å². The van der Waals surface area contributed by atoms with Crippen molar-refractivity contribution < 1.29 is 4.52 Å². The van der Waals surface area contributed by atoms with Gasteiger partial charge in [-0.25, -0.2) is 4.68 Å². The van der Waals surface area contributed by atoms with E-state index in [1.54, 1.807) is 4.68 Å². The van der Waals surface area contributed by atoms with Crippen molar-refractivity contribution in [3.05, 3.63) is 23.6 Å². The van der Waals surface area contributed by atoms with E-state index in [4.69, 9.17) is 4.52 Å². The Bertz CT molecular complexity index is 499. The Labute approximate surface area is 108 Å². The van der Waals surface area contributed by atoms with Crippen molar-refractivity contribution in [3.8, 4) is 0 Å². The minimum absolute atomic E-state index is 0.130. The first-order valence-electron chi connectivity index (χ1n) is 5.27. The molecule has 0 aliphatic heterocycles. The molecule has 2 aromatic rings. The van der Waals surface area contributed by atoms with Crippen LogP contribution in [0.3, 0.4) is 0 Å². The Kier molecular flexibility index (Phi) is 3.28. The van der Waals surface area contributed by atoms with Gasteiger partial charge < -0.3 is 4.52 Å². The largest absolute Gasteiger partial charge is 0.339 e. The summed E-state index contributed by atoms with van der Waals surface area (Å²) in [6.07, 6.45) is 1.85. The van der Waals surface area contributed by atoms with E-state index in [0.717, 1.165) is 5.69 Å². The Morgan fingerprint density at radius 2 is 2.18 bits per heavy atom. The lowest BCUT2D eigenvalue weighted by Gasteiger charge is -2.10. The molecule has 6 nitrogen and oxygen atoms in total. The molecule has 0 atom stereocenters. The first-order chi connectivity index (χ1) is 7.99. The van der Waals surface area contributed by atoms with Crippen LogP contribution in [0.15, 0.2) is 10.7 Å². The number of nitrogens with zero attached hydrogens (tertiary/aromatic N) is 5. The third-order valence-corrected chi connectivity index (χ3v) is 2.71. The molecule has 0 aromatic carbocycles. The molecule has 0 spiro atoms. The van der Waals surface area contributed by atoms with Gasteiger partial charge in [-0.1, -0.05) is 47.1 Å². The molecule has 0 N–H and O–H groups in total. The van der Waals surface area contributed by atoms with Gasteiger partial charge in [0.2, 0.25) is 5.89 Å². The fourth-order valence-electron chi connectivity index (χ4n) is 1.24. The van der Waals surface area contributed by atoms with Crippen molar-refractivity contribution in [2.24, 2.45) is 0 Å². The van der Waals surface area contributed by atoms with Gasteiger partial charge in [0.25, 0.3) is 0 Å². The molecule has 2 aromatic heterocycles. The molecule has 7 heteroatoms. The zero-order valence-corrected chi connectivity index (χ0v) is 11.6. The Morgan fingerprint density at radius 1 is 1.41 bits per heavy atom. The molecule has 0 aliphatic rings. The van der Waals surface area contributed by atoms with E-state index in [9.17, 15) is 0 Å². The SMILES string of the molecule is CC(C)(C)c1nc(Cn2cc(CBr)nn2)no1. The smallest absolute Gasteiger partial charge is 0.232 e. The summed E-state index contributed by atoms with van der Waals surface area (Å²) >= 11 is 3.32. The van der Waals surface area contributed by atoms with Crippen LogP contribution in [-0.4, -0.2) is 25.1 Å². The molecule has 0 saturated carbocycles. The number of hydrogen-bond donors (Lipinski definition) is 0. The Balaban J connectivity index is 2.11. The summed E-state index contributed by atoms with van der Waals surface area (Å²) in [7, 11) is 0. The molecule has 2 heterocycles. The minimum Gasteiger partial charge on any atom is -0.339 e. The van der Waals surface area contributed by atoms with E-state index < -0.39 is 0 Å². The Morgan fingerprint density at radius 3 is 2.71 bits per heavy atom. The number of hydrogen-bond acceptors (Lipinski definition) is 5. The quantitative estimate of drug-likeness (QED) is 0.810. The highest BCUT2D eigenvalue weighted by molar-refractivity contribution is 9.08. The van der Waals surface area contributed by atoms with Crippen LogP contribution >= 0.6 is 15.9 Å². The second kappa shape index (κ2) is 4.56. The Hall–Kier alpha value is -1.24. The van der Waals surface area contributed by atoms with Gasteiger partial charge in [-0.15, -0.1) is 5.10 Å². The van der Waals surface area contributed by atoms with E-state index in [-0.39, 0.29) is 5.41 Å². The third kappa shape index (κ3) is 2.91. The summed E-state index contributed by atoms with van der Waals surface area (Å²) in [5, 5.41) is 12.5. The van der Waals surface area contributed by atoms with Crippen LogP contribution in [0.2, 0.25) is 0 Å². The van der Waals surface area contributed by atoms with Gasteiger partial charge in [0.1, 0.15) is 6.54 Å². The molecule has 0 bridgehead atoms. The van der Waals surface area contributed by atoms with Gasteiger partial charge in [0.05, 0.1) is 5.69 Å². The van der Waals surface area contributed by atoms with Crippen molar-refractivity contribution in [1.29, 1.82) is 0 Å². The predicted octanol–water partition coefficient (Wildman–Crippen LogP) is 1.90. The molecular formula is C10H14BrN5O. The second-order valence-corrected chi connectivity index (χ2v) is 5.37. The maximum atomic E-state index is 5.20. The van der Waals surface area contributed by atoms with E-state index in [1.165, 1.54) is 0 Å². The molecule has 0 unspecified atom stereocenters. The third-order valence-electron chi connectivity index (χ3n) is 2.14. The molecule has 0 fully saturated rings. The number of alkyl halides is 1. The van der Waals surface area contributed by atoms with Crippen LogP contribution < -0.4 is 0 Å². The first kappa shape index (κ1) is 12.2. The van der Waals surface area contributed by atoms with E-state index >= 15 is 0 Å². The summed E-state index contributed by atoms with van der Waals surface area (Å²) in [4.78, 5) is 4.33. The van der Waals surface area contributed by atoms with Gasteiger partial charge in [-0.05, 0) is 0 Å². The molecule has 2 rings (SSSR count). The lowest BCUT2D eigenvalue weighted by atomic mass is 9.97. The molecular weight excluding hydrogens is 286 g/mol. The fraction of sp³-hybridized carbons (Fsp3) is 0.600. The van der Waals surface area contributed by atoms with Crippen LogP contribution in [0.1, 0.15) is 38.2 Å². The van der Waals surface area contributed by atoms with Crippen LogP contribution in [-0.2, 0) is 17.3 Å². The molecule has 17 heavy (non-hydrogen) atoms. The van der Waals surface area contributed by atoms with Gasteiger partial charge in [-0.2, -0.15) is 4.98 Å². The van der Waals surface area contributed by atoms with Gasteiger partial charge in [0, 0.05) is 16.9 Å². The number of rotatable bonds is 3. The van der Waals surface area contributed by atoms with E-state index in [2.05, 4.69) is 36.4 Å². The highest BCUT2D eigenvalue weighted by Gasteiger charge is 2.21. The molecule has 0 amide bonds. The first-order valence-corrected chi connectivity index (χ1v) is 6.39. The predicted molar refractivity (Wildman–Crippen MR) is 64.8 cm³/mol. The van der Waals surface area contributed by atoms with Gasteiger partial charge in [-0.3, -0.25) is 0 Å². The fourth-order valence-corrected chi connectivity index (χ4v) is 1.50. The van der Waals surface area contributed by atoms with Crippen molar-refractivity contribution in [2.75, 3.05) is 0 Å². The average molecular weight is 300 g/mol. The van der Waals surface area contributed by atoms with Gasteiger partial charge in [0.15, 0.2) is 5.82 Å². The molecule has 0 saturated heterocycles. The van der Waals surface area contributed by atoms with Crippen molar-refractivity contribution in [2.45, 2.75) is 38.1 Å². The van der Waals surface area contributed by atoms with E-state index in [1.807, 2.05) is 27.0 Å². The summed E-state index contributed by atoms with van der Waals surface area (Å²) in [6.45, 7) is 6.56. The van der Waals surface area contributed by atoms with E-state index in [0.29, 0.717) is 23.6 Å². The second-order valence-electron chi connectivity index (χ2n) is 4.81. The normalized spacial score (nSPS) is 12.0. The number of halogens is 1. The minimum atomic E-state index is -0.130. The average Bonchev–Trinajstić information content (AvgIpc) is 2.86. The summed E-state index contributed by atoms with van der Waals surface area (Å²) in [5.74, 6) is 1.24. The molecule has 92 valence electrons. The van der Waals surface area contributed by atoms with Crippen LogP contribution in [0.25, 0.3) is 0 Å². The summed E-state index contributed by atoms with van der Waals surface area (Å²) in [6, 6.07) is 0. The summed E-state index contributed by atoms with van der Waals surface area (Å²) in [5.41, 5.74) is 0.749. The molecule has 0 radical (unpaired) electrons. The topological polar surface area (TPSA) is 69.6 Å². The van der Waals surface area contributed by atoms with Crippen LogP contribution in [0.4, 0.5) is 0 Å². The lowest BCUT2D eigenvalue weighted by Crippen LogP contribution is -2.12. The maximum absolute atomic E-state index is 5.20. The summed E-state index contributed by atoms with van der Waals surface area (Å²) < 4.78 is 6.89. The zero-order valence-electron chi connectivity index (χ0n) is 10.0. The lowest BCUT2D eigenvalue weighted by molar-refractivity contribution is 0.317. The van der Waals surface area contributed by atoms with Crippen LogP contribution in [0, 0.1) is 0 Å². The highest BCUT2D eigenvalue weighted by Crippen LogP contribution is 2.19.